The SMILES string of the molecule is CCCCOc1ccc(CCNC(=O)C2CCN(c3oc(-c4ccco4)nc3C#N)CC2)cc1. The highest BCUT2D eigenvalue weighted by molar-refractivity contribution is 5.79. The molecule has 2 aromatic heterocycles. The zero-order valence-electron chi connectivity index (χ0n) is 19.5. The maximum atomic E-state index is 12.7. The average Bonchev–Trinajstić information content (AvgIpc) is 3.55. The summed E-state index contributed by atoms with van der Waals surface area (Å²) in [7, 11) is 0. The minimum atomic E-state index is -0.0522. The summed E-state index contributed by atoms with van der Waals surface area (Å²) in [5.41, 5.74) is 1.40. The van der Waals surface area contributed by atoms with Crippen LogP contribution in [0.3, 0.4) is 0 Å². The van der Waals surface area contributed by atoms with Gasteiger partial charge in [0.2, 0.25) is 17.5 Å². The first-order valence-electron chi connectivity index (χ1n) is 11.9. The predicted octanol–water partition coefficient (Wildman–Crippen LogP) is 4.56. The fourth-order valence-electron chi connectivity index (χ4n) is 4.01. The first kappa shape index (κ1) is 23.4. The van der Waals surface area contributed by atoms with E-state index in [0.29, 0.717) is 44.1 Å². The Morgan fingerprint density at radius 1 is 1.26 bits per heavy atom. The molecule has 1 amide bonds. The number of nitrogens with one attached hydrogen (secondary N) is 1. The van der Waals surface area contributed by atoms with Crippen molar-refractivity contribution in [2.24, 2.45) is 5.92 Å². The number of aromatic nitrogens is 1. The fourth-order valence-corrected chi connectivity index (χ4v) is 4.01. The second-order valence-corrected chi connectivity index (χ2v) is 8.41. The summed E-state index contributed by atoms with van der Waals surface area (Å²) in [6, 6.07) is 13.6. The first-order valence-corrected chi connectivity index (χ1v) is 11.9. The summed E-state index contributed by atoms with van der Waals surface area (Å²) in [5, 5.41) is 12.5. The molecule has 1 fully saturated rings. The number of anilines is 1. The number of carbonyl (C=O) groups excluding carboxylic acids is 1. The summed E-state index contributed by atoms with van der Waals surface area (Å²) >= 11 is 0. The quantitative estimate of drug-likeness (QED) is 0.440. The second-order valence-electron chi connectivity index (χ2n) is 8.41. The van der Waals surface area contributed by atoms with E-state index >= 15 is 0 Å². The van der Waals surface area contributed by atoms with Crippen molar-refractivity contribution >= 4 is 11.8 Å². The van der Waals surface area contributed by atoms with Gasteiger partial charge in [-0.3, -0.25) is 4.79 Å². The molecule has 0 spiro atoms. The van der Waals surface area contributed by atoms with E-state index in [-0.39, 0.29) is 23.4 Å². The third-order valence-electron chi connectivity index (χ3n) is 6.00. The van der Waals surface area contributed by atoms with Crippen LogP contribution >= 0.6 is 0 Å². The Labute approximate surface area is 199 Å². The van der Waals surface area contributed by atoms with Gasteiger partial charge in [0.15, 0.2) is 5.76 Å². The molecule has 1 N–H and O–H groups in total. The van der Waals surface area contributed by atoms with Crippen LogP contribution in [0.1, 0.15) is 43.9 Å². The van der Waals surface area contributed by atoms with Gasteiger partial charge in [0.1, 0.15) is 11.8 Å². The molecule has 3 heterocycles. The van der Waals surface area contributed by atoms with Gasteiger partial charge in [0.25, 0.3) is 5.89 Å². The summed E-state index contributed by atoms with van der Waals surface area (Å²) in [4.78, 5) is 18.9. The maximum absolute atomic E-state index is 12.7. The lowest BCUT2D eigenvalue weighted by Gasteiger charge is -2.31. The highest BCUT2D eigenvalue weighted by Crippen LogP contribution is 2.31. The molecule has 8 nitrogen and oxygen atoms in total. The lowest BCUT2D eigenvalue weighted by molar-refractivity contribution is -0.125. The summed E-state index contributed by atoms with van der Waals surface area (Å²) in [6.45, 7) is 4.73. The minimum absolute atomic E-state index is 0.0522. The molecule has 0 unspecified atom stereocenters. The molecular weight excluding hydrogens is 432 g/mol. The Morgan fingerprint density at radius 3 is 2.74 bits per heavy atom. The molecule has 0 aliphatic carbocycles. The zero-order chi connectivity index (χ0) is 23.8. The van der Waals surface area contributed by atoms with Crippen molar-refractivity contribution in [3.05, 3.63) is 53.9 Å². The van der Waals surface area contributed by atoms with Crippen LogP contribution in [0, 0.1) is 17.2 Å². The second kappa shape index (κ2) is 11.4. The topological polar surface area (TPSA) is 105 Å². The Kier molecular flexibility index (Phi) is 7.87. The number of nitriles is 1. The molecule has 8 heteroatoms. The molecule has 3 aromatic rings. The van der Waals surface area contributed by atoms with Crippen molar-refractivity contribution in [2.75, 3.05) is 31.1 Å². The van der Waals surface area contributed by atoms with E-state index in [1.54, 1.807) is 12.1 Å². The normalized spacial score (nSPS) is 14.1. The van der Waals surface area contributed by atoms with Gasteiger partial charge in [-0.25, -0.2) is 0 Å². The van der Waals surface area contributed by atoms with Gasteiger partial charge in [-0.1, -0.05) is 25.5 Å². The average molecular weight is 463 g/mol. The number of benzene rings is 1. The Bertz CT molecular complexity index is 1090. The molecule has 0 radical (unpaired) electrons. The highest BCUT2D eigenvalue weighted by Gasteiger charge is 2.29. The molecule has 4 rings (SSSR count). The van der Waals surface area contributed by atoms with Crippen molar-refractivity contribution in [2.45, 2.75) is 39.0 Å². The molecule has 1 aromatic carbocycles. The third kappa shape index (κ3) is 5.79. The van der Waals surface area contributed by atoms with Gasteiger partial charge in [0, 0.05) is 25.6 Å². The van der Waals surface area contributed by atoms with Crippen molar-refractivity contribution in [1.82, 2.24) is 10.3 Å². The molecule has 1 aliphatic heterocycles. The maximum Gasteiger partial charge on any atom is 0.266 e. The largest absolute Gasteiger partial charge is 0.494 e. The minimum Gasteiger partial charge on any atom is -0.494 e. The van der Waals surface area contributed by atoms with E-state index in [2.05, 4.69) is 23.3 Å². The number of oxazole rings is 1. The number of hydrogen-bond donors (Lipinski definition) is 1. The summed E-state index contributed by atoms with van der Waals surface area (Å²) in [6.07, 6.45) is 5.86. The van der Waals surface area contributed by atoms with Crippen LogP contribution in [0.5, 0.6) is 5.75 Å². The van der Waals surface area contributed by atoms with E-state index < -0.39 is 0 Å². The fraction of sp³-hybridized carbons (Fsp3) is 0.423. The van der Waals surface area contributed by atoms with Crippen molar-refractivity contribution in [1.29, 1.82) is 5.26 Å². The number of amides is 1. The van der Waals surface area contributed by atoms with E-state index in [1.165, 1.54) is 11.8 Å². The zero-order valence-corrected chi connectivity index (χ0v) is 19.5. The lowest BCUT2D eigenvalue weighted by Crippen LogP contribution is -2.41. The van der Waals surface area contributed by atoms with Crippen LogP contribution < -0.4 is 15.0 Å². The van der Waals surface area contributed by atoms with Crippen molar-refractivity contribution in [3.8, 4) is 23.5 Å². The molecule has 0 saturated carbocycles. The molecule has 0 bridgehead atoms. The summed E-state index contributed by atoms with van der Waals surface area (Å²) in [5.74, 6) is 2.12. The Morgan fingerprint density at radius 2 is 2.06 bits per heavy atom. The van der Waals surface area contributed by atoms with Gasteiger partial charge in [0.05, 0.1) is 12.9 Å². The molecule has 178 valence electrons. The molecule has 0 atom stereocenters. The van der Waals surface area contributed by atoms with Gasteiger partial charge in [-0.2, -0.15) is 10.2 Å². The van der Waals surface area contributed by atoms with Crippen molar-refractivity contribution in [3.63, 3.8) is 0 Å². The van der Waals surface area contributed by atoms with E-state index in [1.807, 2.05) is 29.2 Å². The van der Waals surface area contributed by atoms with E-state index in [9.17, 15) is 10.1 Å². The van der Waals surface area contributed by atoms with E-state index in [0.717, 1.165) is 31.6 Å². The van der Waals surface area contributed by atoms with Crippen LogP contribution in [-0.4, -0.2) is 37.1 Å². The van der Waals surface area contributed by atoms with Crippen LogP contribution in [0.4, 0.5) is 5.88 Å². The number of ether oxygens (including phenoxy) is 1. The van der Waals surface area contributed by atoms with Crippen LogP contribution in [0.25, 0.3) is 11.7 Å². The van der Waals surface area contributed by atoms with Gasteiger partial charge >= 0.3 is 0 Å². The number of nitrogens with zero attached hydrogens (tertiary/aromatic N) is 3. The standard InChI is InChI=1S/C26H30N4O4/c1-2-3-16-32-21-8-6-19(7-9-21)10-13-28-24(31)20-11-14-30(15-12-20)26-22(18-27)29-25(34-26)23-5-4-17-33-23/h4-9,17,20H,2-3,10-16H2,1H3,(H,28,31). The lowest BCUT2D eigenvalue weighted by atomic mass is 9.96. The summed E-state index contributed by atoms with van der Waals surface area (Å²) < 4.78 is 16.8. The van der Waals surface area contributed by atoms with Gasteiger partial charge in [-0.05, 0) is 55.5 Å². The number of carbonyl (C=O) groups is 1. The monoisotopic (exact) mass is 462 g/mol. The van der Waals surface area contributed by atoms with E-state index in [4.69, 9.17) is 13.6 Å². The van der Waals surface area contributed by atoms with Crippen LogP contribution in [0.15, 0.2) is 51.5 Å². The number of unbranched alkanes of at least 4 members (excludes halogenated alkanes) is 1. The third-order valence-corrected chi connectivity index (χ3v) is 6.00. The Hall–Kier alpha value is -3.73. The number of hydrogen-bond acceptors (Lipinski definition) is 7. The molecule has 1 saturated heterocycles. The Balaban J connectivity index is 1.22. The highest BCUT2D eigenvalue weighted by atomic mass is 16.5. The number of rotatable bonds is 10. The number of piperidine rings is 1. The van der Waals surface area contributed by atoms with Crippen LogP contribution in [0.2, 0.25) is 0 Å². The van der Waals surface area contributed by atoms with Crippen LogP contribution in [-0.2, 0) is 11.2 Å². The first-order chi connectivity index (χ1) is 16.7. The number of furan rings is 1. The van der Waals surface area contributed by atoms with Crippen molar-refractivity contribution < 1.29 is 18.4 Å². The van der Waals surface area contributed by atoms with Gasteiger partial charge < -0.3 is 23.8 Å². The molecule has 34 heavy (non-hydrogen) atoms. The smallest absolute Gasteiger partial charge is 0.266 e. The molecule has 1 aliphatic rings. The molecular formula is C26H30N4O4. The predicted molar refractivity (Wildman–Crippen MR) is 127 cm³/mol. The van der Waals surface area contributed by atoms with Gasteiger partial charge in [-0.15, -0.1) is 0 Å².